The van der Waals surface area contributed by atoms with Gasteiger partial charge in [-0.15, -0.1) is 0 Å². The summed E-state index contributed by atoms with van der Waals surface area (Å²) in [6, 6.07) is 9.02. The summed E-state index contributed by atoms with van der Waals surface area (Å²) < 4.78 is 0.163. The molecular formula is C24H28Ge. The van der Waals surface area contributed by atoms with Gasteiger partial charge < -0.3 is 0 Å². The Morgan fingerprint density at radius 3 is 2.40 bits per heavy atom. The van der Waals surface area contributed by atoms with Crippen molar-refractivity contribution >= 4 is 19.3 Å². The molecule has 0 nitrogen and oxygen atoms in total. The second-order valence-electron chi connectivity index (χ2n) is 8.87. The molecule has 1 aromatic rings. The van der Waals surface area contributed by atoms with Crippen LogP contribution in [0.1, 0.15) is 37.8 Å². The Morgan fingerprint density at radius 2 is 1.68 bits per heavy atom. The van der Waals surface area contributed by atoms with Crippen LogP contribution >= 0.6 is 0 Å². The van der Waals surface area contributed by atoms with Gasteiger partial charge in [0.15, 0.2) is 0 Å². The van der Waals surface area contributed by atoms with Gasteiger partial charge in [0.05, 0.1) is 0 Å². The van der Waals surface area contributed by atoms with Gasteiger partial charge in [-0.1, -0.05) is 0 Å². The number of hydrogen-bond acceptors (Lipinski definition) is 0. The minimum atomic E-state index is -2.18. The molecule has 1 aromatic carbocycles. The molecule has 0 saturated heterocycles. The Labute approximate surface area is 155 Å². The van der Waals surface area contributed by atoms with Crippen molar-refractivity contribution in [2.24, 2.45) is 0 Å². The van der Waals surface area contributed by atoms with Gasteiger partial charge in [-0.2, -0.15) is 0 Å². The van der Waals surface area contributed by atoms with Crippen molar-refractivity contribution in [1.29, 1.82) is 0 Å². The molecule has 25 heavy (non-hydrogen) atoms. The zero-order chi connectivity index (χ0) is 18.0. The molecule has 3 aliphatic carbocycles. The Bertz CT molecular complexity index is 912. The molecule has 0 N–H and O–H groups in total. The maximum atomic E-state index is 2.59. The minimum absolute atomic E-state index is 0.163. The third-order valence-electron chi connectivity index (χ3n) is 6.56. The van der Waals surface area contributed by atoms with E-state index in [0.717, 1.165) is 0 Å². The van der Waals surface area contributed by atoms with Crippen LogP contribution in [0, 0.1) is 0 Å². The molecular weight excluding hydrogens is 361 g/mol. The van der Waals surface area contributed by atoms with Crippen LogP contribution in [-0.4, -0.2) is 13.3 Å². The van der Waals surface area contributed by atoms with Crippen LogP contribution in [-0.2, 0) is 0 Å². The zero-order valence-corrected chi connectivity index (χ0v) is 18.4. The molecule has 3 aliphatic rings. The van der Waals surface area contributed by atoms with E-state index in [1.165, 1.54) is 33.4 Å². The van der Waals surface area contributed by atoms with Crippen LogP contribution in [0.15, 0.2) is 76.4 Å². The van der Waals surface area contributed by atoms with Crippen LogP contribution in [0.3, 0.4) is 0 Å². The first-order chi connectivity index (χ1) is 11.8. The van der Waals surface area contributed by atoms with Crippen molar-refractivity contribution in [3.05, 3.63) is 87.6 Å². The van der Waals surface area contributed by atoms with E-state index in [9.17, 15) is 0 Å². The van der Waals surface area contributed by atoms with Gasteiger partial charge in [-0.05, 0) is 0 Å². The Kier molecular flexibility index (Phi) is 3.70. The summed E-state index contributed by atoms with van der Waals surface area (Å²) in [5.74, 6) is 8.25. The van der Waals surface area contributed by atoms with E-state index in [1.807, 2.05) is 0 Å². The van der Waals surface area contributed by atoms with Gasteiger partial charge >= 0.3 is 155 Å². The monoisotopic (exact) mass is 390 g/mol. The fraction of sp³-hybridized carbons (Fsp3) is 0.333. The van der Waals surface area contributed by atoms with Crippen molar-refractivity contribution in [2.45, 2.75) is 48.2 Å². The fourth-order valence-corrected chi connectivity index (χ4v) is 11.2. The quantitative estimate of drug-likeness (QED) is 0.476. The van der Waals surface area contributed by atoms with Crippen LogP contribution in [0.5, 0.6) is 0 Å². The molecule has 128 valence electrons. The Hall–Kier alpha value is -1.54. The van der Waals surface area contributed by atoms with E-state index in [0.29, 0.717) is 5.92 Å². The number of fused-ring (bicyclic) bond motifs is 2. The molecule has 0 radical (unpaired) electrons. The first-order valence-corrected chi connectivity index (χ1v) is 16.7. The van der Waals surface area contributed by atoms with E-state index in [4.69, 9.17) is 0 Å². The van der Waals surface area contributed by atoms with Crippen molar-refractivity contribution in [2.75, 3.05) is 0 Å². The third-order valence-corrected chi connectivity index (χ3v) is 13.3. The molecule has 1 heteroatoms. The van der Waals surface area contributed by atoms with Gasteiger partial charge in [0.2, 0.25) is 0 Å². The number of allylic oxidation sites excluding steroid dienone is 9. The number of benzene rings is 1. The number of hydrogen-bond donors (Lipinski definition) is 0. The second-order valence-corrected chi connectivity index (χ2v) is 20.1. The van der Waals surface area contributed by atoms with Gasteiger partial charge in [0.1, 0.15) is 0 Å². The molecule has 0 saturated carbocycles. The average molecular weight is 389 g/mol. The standard InChI is InChI=1S/C24H28Ge/c1-16-15-22-20(18(16)3)12-9-13-24(22,25(4,5)6)23-17(2)14-19-10-7-8-11-21(19)23/h7-15,23H,1-6H3/t23-,24?/m1/s1. The van der Waals surface area contributed by atoms with Crippen molar-refractivity contribution in [3.8, 4) is 0 Å². The van der Waals surface area contributed by atoms with Gasteiger partial charge in [0.25, 0.3) is 0 Å². The van der Waals surface area contributed by atoms with Gasteiger partial charge in [-0.3, -0.25) is 0 Å². The molecule has 0 aromatic heterocycles. The van der Waals surface area contributed by atoms with Crippen LogP contribution in [0.2, 0.25) is 21.5 Å². The first kappa shape index (κ1) is 16.9. The Balaban J connectivity index is 1.99. The van der Waals surface area contributed by atoms with Crippen LogP contribution < -0.4 is 0 Å². The maximum absolute atomic E-state index is 2.59. The average Bonchev–Trinajstić information content (AvgIpc) is 3.03. The molecule has 0 spiro atoms. The predicted molar refractivity (Wildman–Crippen MR) is 113 cm³/mol. The topological polar surface area (TPSA) is 0 Å². The molecule has 0 aliphatic heterocycles. The third kappa shape index (κ3) is 2.19. The van der Waals surface area contributed by atoms with E-state index in [-0.39, 0.29) is 4.25 Å². The number of rotatable bonds is 2. The summed E-state index contributed by atoms with van der Waals surface area (Å²) >= 11 is -2.18. The van der Waals surface area contributed by atoms with E-state index in [2.05, 4.69) is 92.7 Å². The predicted octanol–water partition coefficient (Wildman–Crippen LogP) is 7.04. The fourth-order valence-electron chi connectivity index (χ4n) is 5.18. The van der Waals surface area contributed by atoms with Crippen LogP contribution in [0.25, 0.3) is 6.08 Å². The van der Waals surface area contributed by atoms with Crippen molar-refractivity contribution < 1.29 is 0 Å². The summed E-state index contributed by atoms with van der Waals surface area (Å²) in [6.45, 7) is 6.90. The van der Waals surface area contributed by atoms with E-state index >= 15 is 0 Å². The van der Waals surface area contributed by atoms with E-state index in [1.54, 1.807) is 5.57 Å². The second kappa shape index (κ2) is 5.48. The van der Waals surface area contributed by atoms with Gasteiger partial charge in [-0.25, -0.2) is 0 Å². The SMILES string of the molecule is CC1=Cc2ccccc2[C@@H]1[C]1([Ge]([CH3])([CH3])[CH3])C=CC=C2C1=CC(C)=C2C. The first-order valence-electron chi connectivity index (χ1n) is 9.34. The molecule has 1 unspecified atom stereocenters. The summed E-state index contributed by atoms with van der Waals surface area (Å²) in [5, 5.41) is 0. The molecule has 0 fully saturated rings. The summed E-state index contributed by atoms with van der Waals surface area (Å²) in [5.41, 5.74) is 10.4. The summed E-state index contributed by atoms with van der Waals surface area (Å²) in [7, 11) is 0. The Morgan fingerprint density at radius 1 is 0.960 bits per heavy atom. The van der Waals surface area contributed by atoms with Crippen molar-refractivity contribution in [1.82, 2.24) is 0 Å². The molecule has 4 rings (SSSR count). The summed E-state index contributed by atoms with van der Waals surface area (Å²) in [6.07, 6.45) is 12.2. The summed E-state index contributed by atoms with van der Waals surface area (Å²) in [4.78, 5) is 0. The van der Waals surface area contributed by atoms with Crippen LogP contribution in [0.4, 0.5) is 0 Å². The van der Waals surface area contributed by atoms with Gasteiger partial charge in [0, 0.05) is 0 Å². The normalized spacial score (nSPS) is 27.8. The molecule has 0 amide bonds. The van der Waals surface area contributed by atoms with E-state index < -0.39 is 13.3 Å². The van der Waals surface area contributed by atoms with Crippen molar-refractivity contribution in [3.63, 3.8) is 0 Å². The molecule has 0 bridgehead atoms. The molecule has 2 atom stereocenters. The molecule has 0 heterocycles. The zero-order valence-electron chi connectivity index (χ0n) is 16.3.